The van der Waals surface area contributed by atoms with Gasteiger partial charge in [0.1, 0.15) is 22.7 Å². The molecule has 0 aliphatic heterocycles. The third-order valence-electron chi connectivity index (χ3n) is 4.18. The van der Waals surface area contributed by atoms with Gasteiger partial charge in [-0.05, 0) is 41.9 Å². The predicted molar refractivity (Wildman–Crippen MR) is 115 cm³/mol. The fraction of sp³-hybridized carbons (Fsp3) is 0.400. The van der Waals surface area contributed by atoms with E-state index in [1.165, 1.54) is 13.0 Å². The molecule has 0 bridgehead atoms. The number of nitrogens with one attached hydrogen (secondary N) is 2. The number of amides is 1. The predicted octanol–water partition coefficient (Wildman–Crippen LogP) is 2.28. The minimum atomic E-state index is -0.778. The molecule has 0 saturated carbocycles. The molecule has 2 N–H and O–H groups in total. The molecule has 1 amide bonds. The normalized spacial score (nSPS) is 10.7. The van der Waals surface area contributed by atoms with Gasteiger partial charge in [0.15, 0.2) is 6.61 Å². The highest BCUT2D eigenvalue weighted by molar-refractivity contribution is 9.10. The van der Waals surface area contributed by atoms with Crippen molar-refractivity contribution in [3.05, 3.63) is 50.2 Å². The Morgan fingerprint density at radius 1 is 1.31 bits per heavy atom. The van der Waals surface area contributed by atoms with Crippen LogP contribution >= 0.6 is 15.9 Å². The van der Waals surface area contributed by atoms with Gasteiger partial charge >= 0.3 is 5.97 Å². The summed E-state index contributed by atoms with van der Waals surface area (Å²) in [6.45, 7) is 4.73. The molecule has 9 nitrogen and oxygen atoms in total. The molecule has 0 fully saturated rings. The lowest BCUT2D eigenvalue weighted by Gasteiger charge is -2.27. The zero-order chi connectivity index (χ0) is 23.8. The number of aromatic nitrogens is 2. The van der Waals surface area contributed by atoms with E-state index < -0.39 is 29.1 Å². The molecule has 12 heteroatoms. The highest BCUT2D eigenvalue weighted by atomic mass is 79.9. The number of halogens is 3. The number of rotatable bonds is 10. The molecule has 0 spiro atoms. The van der Waals surface area contributed by atoms with Crippen LogP contribution in [-0.2, 0) is 20.9 Å². The van der Waals surface area contributed by atoms with Crippen LogP contribution in [0.5, 0.6) is 5.88 Å². The minimum Gasteiger partial charge on any atom is -0.472 e. The average molecular weight is 517 g/mol. The number of hydrogen-bond donors (Lipinski definition) is 2. The van der Waals surface area contributed by atoms with Crippen molar-refractivity contribution < 1.29 is 27.8 Å². The summed E-state index contributed by atoms with van der Waals surface area (Å²) in [5.41, 5.74) is -0.424. The SMILES string of the molecule is CC(=O)OCC(=O)NCCN(c1nc(OCc2ccc(F)cc2F)c(Br)c(=O)[nH]1)C(C)C. The summed E-state index contributed by atoms with van der Waals surface area (Å²) in [4.78, 5) is 43.4. The molecule has 0 saturated heterocycles. The van der Waals surface area contributed by atoms with Crippen molar-refractivity contribution >= 4 is 33.8 Å². The Kier molecular flexibility index (Phi) is 9.12. The Hall–Kier alpha value is -3.02. The summed E-state index contributed by atoms with van der Waals surface area (Å²) in [5.74, 6) is -2.41. The smallest absolute Gasteiger partial charge is 0.303 e. The van der Waals surface area contributed by atoms with Gasteiger partial charge in [0.05, 0.1) is 0 Å². The monoisotopic (exact) mass is 516 g/mol. The molecule has 0 unspecified atom stereocenters. The van der Waals surface area contributed by atoms with Gasteiger partial charge in [-0.3, -0.25) is 19.4 Å². The number of ether oxygens (including phenoxy) is 2. The van der Waals surface area contributed by atoms with Gasteiger partial charge in [-0.25, -0.2) is 8.78 Å². The van der Waals surface area contributed by atoms with Crippen LogP contribution in [-0.4, -0.2) is 47.6 Å². The van der Waals surface area contributed by atoms with Crippen LogP contribution in [0.2, 0.25) is 0 Å². The zero-order valence-electron chi connectivity index (χ0n) is 17.7. The number of carbonyl (C=O) groups is 2. The fourth-order valence-electron chi connectivity index (χ4n) is 2.59. The molecule has 2 aromatic rings. The Bertz CT molecular complexity index is 1030. The van der Waals surface area contributed by atoms with Crippen molar-refractivity contribution in [3.8, 4) is 5.88 Å². The summed E-state index contributed by atoms with van der Waals surface area (Å²) in [7, 11) is 0. The van der Waals surface area contributed by atoms with Gasteiger partial charge in [0.25, 0.3) is 11.5 Å². The van der Waals surface area contributed by atoms with Crippen molar-refractivity contribution in [2.45, 2.75) is 33.4 Å². The van der Waals surface area contributed by atoms with E-state index >= 15 is 0 Å². The van der Waals surface area contributed by atoms with E-state index in [2.05, 4.69) is 36.0 Å². The van der Waals surface area contributed by atoms with E-state index in [1.54, 1.807) is 4.90 Å². The maximum Gasteiger partial charge on any atom is 0.303 e. The van der Waals surface area contributed by atoms with E-state index in [1.807, 2.05) is 13.8 Å². The van der Waals surface area contributed by atoms with Crippen LogP contribution in [0.15, 0.2) is 27.5 Å². The second-order valence-electron chi connectivity index (χ2n) is 6.95. The van der Waals surface area contributed by atoms with Crippen LogP contribution < -0.4 is 20.5 Å². The van der Waals surface area contributed by atoms with Gasteiger partial charge in [0.2, 0.25) is 11.8 Å². The van der Waals surface area contributed by atoms with Gasteiger partial charge in [0, 0.05) is 37.7 Å². The molecule has 0 aliphatic rings. The molecule has 174 valence electrons. The molecule has 0 aliphatic carbocycles. The molecule has 2 rings (SSSR count). The summed E-state index contributed by atoms with van der Waals surface area (Å²) >= 11 is 3.10. The van der Waals surface area contributed by atoms with E-state index in [9.17, 15) is 23.2 Å². The first kappa shape index (κ1) is 25.2. The Morgan fingerprint density at radius 2 is 2.03 bits per heavy atom. The lowest BCUT2D eigenvalue weighted by Crippen LogP contribution is -2.41. The van der Waals surface area contributed by atoms with Gasteiger partial charge in [-0.15, -0.1) is 0 Å². The van der Waals surface area contributed by atoms with Crippen LogP contribution in [0.25, 0.3) is 0 Å². The molecule has 1 aromatic heterocycles. The van der Waals surface area contributed by atoms with E-state index in [4.69, 9.17) is 4.74 Å². The maximum atomic E-state index is 13.9. The van der Waals surface area contributed by atoms with Crippen LogP contribution in [0.4, 0.5) is 14.7 Å². The van der Waals surface area contributed by atoms with E-state index in [0.717, 1.165) is 12.1 Å². The summed E-state index contributed by atoms with van der Waals surface area (Å²) in [5, 5.41) is 2.60. The molecule has 0 atom stereocenters. The Morgan fingerprint density at radius 3 is 2.66 bits per heavy atom. The highest BCUT2D eigenvalue weighted by Gasteiger charge is 2.18. The summed E-state index contributed by atoms with van der Waals surface area (Å²) in [6, 6.07) is 2.96. The second kappa shape index (κ2) is 11.6. The van der Waals surface area contributed by atoms with Crippen LogP contribution in [0.1, 0.15) is 26.3 Å². The van der Waals surface area contributed by atoms with Crippen molar-refractivity contribution in [1.82, 2.24) is 15.3 Å². The first-order valence-electron chi connectivity index (χ1n) is 9.61. The molecule has 1 heterocycles. The van der Waals surface area contributed by atoms with Crippen molar-refractivity contribution in [3.63, 3.8) is 0 Å². The van der Waals surface area contributed by atoms with Crippen molar-refractivity contribution in [2.75, 3.05) is 24.6 Å². The highest BCUT2D eigenvalue weighted by Crippen LogP contribution is 2.23. The molecular formula is C20H23BrF2N4O5. The van der Waals surface area contributed by atoms with E-state index in [0.29, 0.717) is 0 Å². The number of H-pyrrole nitrogens is 1. The Labute approximate surface area is 191 Å². The molecule has 0 radical (unpaired) electrons. The molecule has 32 heavy (non-hydrogen) atoms. The van der Waals surface area contributed by atoms with Gasteiger partial charge in [-0.2, -0.15) is 4.98 Å². The second-order valence-corrected chi connectivity index (χ2v) is 7.74. The lowest BCUT2D eigenvalue weighted by molar-refractivity contribution is -0.146. The quantitative estimate of drug-likeness (QED) is 0.465. The van der Waals surface area contributed by atoms with Crippen LogP contribution in [0.3, 0.4) is 0 Å². The third-order valence-corrected chi connectivity index (χ3v) is 4.88. The lowest BCUT2D eigenvalue weighted by atomic mass is 10.2. The summed E-state index contributed by atoms with van der Waals surface area (Å²) in [6.07, 6.45) is 0. The molecular weight excluding hydrogens is 494 g/mol. The largest absolute Gasteiger partial charge is 0.472 e. The van der Waals surface area contributed by atoms with Crippen molar-refractivity contribution in [2.24, 2.45) is 0 Å². The number of carbonyl (C=O) groups excluding carboxylic acids is 2. The first-order chi connectivity index (χ1) is 15.1. The van der Waals surface area contributed by atoms with Crippen molar-refractivity contribution in [1.29, 1.82) is 0 Å². The standard InChI is InChI=1S/C20H23BrF2N4O5/c1-11(2)27(7-6-24-16(29)10-31-12(3)28)20-25-18(30)17(21)19(26-20)32-9-13-4-5-14(22)8-15(13)23/h4-5,8,11H,6-7,9-10H2,1-3H3,(H,24,29)(H,25,26,30). The Balaban J connectivity index is 2.12. The third kappa shape index (κ3) is 7.29. The van der Waals surface area contributed by atoms with E-state index in [-0.39, 0.29) is 54.2 Å². The first-order valence-corrected chi connectivity index (χ1v) is 10.4. The number of anilines is 1. The summed E-state index contributed by atoms with van der Waals surface area (Å²) < 4.78 is 37.1. The topological polar surface area (TPSA) is 114 Å². The van der Waals surface area contributed by atoms with Gasteiger partial charge in [-0.1, -0.05) is 0 Å². The number of hydrogen-bond acceptors (Lipinski definition) is 7. The number of nitrogens with zero attached hydrogens (tertiary/aromatic N) is 2. The average Bonchev–Trinajstić information content (AvgIpc) is 2.71. The van der Waals surface area contributed by atoms with Gasteiger partial charge < -0.3 is 19.7 Å². The van der Waals surface area contributed by atoms with Crippen LogP contribution in [0, 0.1) is 11.6 Å². The molecule has 1 aromatic carbocycles. The maximum absolute atomic E-state index is 13.9. The number of aromatic amines is 1. The number of esters is 1. The minimum absolute atomic E-state index is 0.0159. The zero-order valence-corrected chi connectivity index (χ0v) is 19.3. The fourth-order valence-corrected chi connectivity index (χ4v) is 2.89. The number of benzene rings is 1.